The maximum atomic E-state index is 12.5. The van der Waals surface area contributed by atoms with Crippen LogP contribution in [0.5, 0.6) is 0 Å². The van der Waals surface area contributed by atoms with Crippen molar-refractivity contribution in [3.8, 4) is 0 Å². The van der Waals surface area contributed by atoms with Crippen molar-refractivity contribution in [3.63, 3.8) is 0 Å². The van der Waals surface area contributed by atoms with E-state index in [1.165, 1.54) is 4.90 Å². The molecule has 0 spiro atoms. The summed E-state index contributed by atoms with van der Waals surface area (Å²) < 4.78 is 0. The van der Waals surface area contributed by atoms with E-state index >= 15 is 0 Å². The summed E-state index contributed by atoms with van der Waals surface area (Å²) in [5.41, 5.74) is 1.68. The Morgan fingerprint density at radius 1 is 1.40 bits per heavy atom. The molecule has 0 aromatic heterocycles. The zero-order valence-corrected chi connectivity index (χ0v) is 12.4. The van der Waals surface area contributed by atoms with Gasteiger partial charge in [0, 0.05) is 17.9 Å². The first-order chi connectivity index (χ1) is 9.63. The number of nitrogens with zero attached hydrogens (tertiary/aromatic N) is 1. The number of carbonyl (C=O) groups is 2. The summed E-state index contributed by atoms with van der Waals surface area (Å²) in [6, 6.07) is 6.79. The highest BCUT2D eigenvalue weighted by Crippen LogP contribution is 2.21. The summed E-state index contributed by atoms with van der Waals surface area (Å²) in [7, 11) is 0. The maximum Gasteiger partial charge on any atom is 0.326 e. The van der Waals surface area contributed by atoms with Gasteiger partial charge in [0.15, 0.2) is 0 Å². The van der Waals surface area contributed by atoms with Gasteiger partial charge in [-0.15, -0.1) is 0 Å². The van der Waals surface area contributed by atoms with Gasteiger partial charge in [0.2, 0.25) is 0 Å². The van der Waals surface area contributed by atoms with Crippen LogP contribution in [0, 0.1) is 0 Å². The fourth-order valence-corrected chi connectivity index (χ4v) is 3.07. The first-order valence-corrected chi connectivity index (χ1v) is 8.14. The summed E-state index contributed by atoms with van der Waals surface area (Å²) in [6.07, 6.45) is 4.30. The smallest absolute Gasteiger partial charge is 0.326 e. The molecule has 108 valence electrons. The monoisotopic (exact) mass is 293 g/mol. The van der Waals surface area contributed by atoms with Crippen molar-refractivity contribution in [1.82, 2.24) is 4.90 Å². The summed E-state index contributed by atoms with van der Waals surface area (Å²) in [4.78, 5) is 25.3. The molecule has 1 aromatic rings. The number of carboxylic acids is 1. The molecular weight excluding hydrogens is 274 g/mol. The van der Waals surface area contributed by atoms with Gasteiger partial charge in [0.05, 0.1) is 0 Å². The van der Waals surface area contributed by atoms with Crippen LogP contribution in [-0.4, -0.2) is 40.7 Å². The van der Waals surface area contributed by atoms with Gasteiger partial charge in [0.25, 0.3) is 5.91 Å². The highest BCUT2D eigenvalue weighted by Gasteiger charge is 2.32. The second kappa shape index (κ2) is 6.79. The molecular formula is C15H19NO3S. The Bertz CT molecular complexity index is 504. The number of likely N-dealkylation sites (tertiary alicyclic amines) is 1. The number of amides is 1. The lowest BCUT2D eigenvalue weighted by Crippen LogP contribution is -2.48. The van der Waals surface area contributed by atoms with Gasteiger partial charge in [-0.1, -0.05) is 12.1 Å². The van der Waals surface area contributed by atoms with Crippen LogP contribution in [0.2, 0.25) is 0 Å². The highest BCUT2D eigenvalue weighted by atomic mass is 32.2. The van der Waals surface area contributed by atoms with Gasteiger partial charge < -0.3 is 10.0 Å². The van der Waals surface area contributed by atoms with Crippen LogP contribution in [0.25, 0.3) is 0 Å². The van der Waals surface area contributed by atoms with Gasteiger partial charge in [-0.3, -0.25) is 4.79 Å². The number of hydrogen-bond donors (Lipinski definition) is 1. The van der Waals surface area contributed by atoms with E-state index in [-0.39, 0.29) is 5.91 Å². The van der Waals surface area contributed by atoms with Crippen molar-refractivity contribution >= 4 is 23.6 Å². The molecule has 20 heavy (non-hydrogen) atoms. The Labute approximate surface area is 123 Å². The van der Waals surface area contributed by atoms with Crippen LogP contribution in [0.1, 0.15) is 35.2 Å². The average molecular weight is 293 g/mol. The summed E-state index contributed by atoms with van der Waals surface area (Å²) in [5, 5.41) is 9.25. The van der Waals surface area contributed by atoms with E-state index in [1.807, 2.05) is 24.5 Å². The van der Waals surface area contributed by atoms with Crippen LogP contribution in [0.15, 0.2) is 24.3 Å². The minimum atomic E-state index is -0.904. The van der Waals surface area contributed by atoms with E-state index < -0.39 is 12.0 Å². The molecule has 0 radical (unpaired) electrons. The fourth-order valence-electron chi connectivity index (χ4n) is 2.56. The Hall–Kier alpha value is -1.49. The first-order valence-electron chi connectivity index (χ1n) is 6.75. The molecule has 1 aromatic carbocycles. The largest absolute Gasteiger partial charge is 0.480 e. The van der Waals surface area contributed by atoms with Gasteiger partial charge in [-0.25, -0.2) is 4.79 Å². The van der Waals surface area contributed by atoms with Gasteiger partial charge >= 0.3 is 5.97 Å². The molecule has 1 aliphatic heterocycles. The number of thioether (sulfide) groups is 1. The molecule has 1 heterocycles. The number of aliphatic carboxylic acids is 1. The molecule has 0 saturated carbocycles. The van der Waals surface area contributed by atoms with E-state index in [1.54, 1.807) is 17.8 Å². The minimum absolute atomic E-state index is 0.167. The van der Waals surface area contributed by atoms with E-state index in [0.717, 1.165) is 24.2 Å². The lowest BCUT2D eigenvalue weighted by atomic mass is 10.0. The summed E-state index contributed by atoms with van der Waals surface area (Å²) >= 11 is 1.70. The first kappa shape index (κ1) is 14.9. The minimum Gasteiger partial charge on any atom is -0.480 e. The van der Waals surface area contributed by atoms with Crippen LogP contribution in [0.4, 0.5) is 0 Å². The highest BCUT2D eigenvalue weighted by molar-refractivity contribution is 7.97. The second-order valence-corrected chi connectivity index (χ2v) is 5.85. The Morgan fingerprint density at radius 2 is 2.20 bits per heavy atom. The van der Waals surface area contributed by atoms with Crippen molar-refractivity contribution in [2.45, 2.75) is 31.1 Å². The van der Waals surface area contributed by atoms with Crippen molar-refractivity contribution < 1.29 is 14.7 Å². The molecule has 1 aliphatic rings. The SMILES string of the molecule is CSCc1cccc(C(=O)N2CCCCC2C(=O)O)c1. The van der Waals surface area contributed by atoms with Crippen LogP contribution < -0.4 is 0 Å². The van der Waals surface area contributed by atoms with Gasteiger partial charge in [-0.2, -0.15) is 11.8 Å². The third-order valence-corrected chi connectivity index (χ3v) is 4.16. The topological polar surface area (TPSA) is 57.6 Å². The third-order valence-electron chi connectivity index (χ3n) is 3.53. The normalized spacial score (nSPS) is 18.9. The summed E-state index contributed by atoms with van der Waals surface area (Å²) in [5.74, 6) is -0.220. The lowest BCUT2D eigenvalue weighted by Gasteiger charge is -2.33. The van der Waals surface area contributed by atoms with Crippen molar-refractivity contribution in [1.29, 1.82) is 0 Å². The van der Waals surface area contributed by atoms with Gasteiger partial charge in [-0.05, 0) is 43.2 Å². The van der Waals surface area contributed by atoms with Crippen LogP contribution >= 0.6 is 11.8 Å². The zero-order chi connectivity index (χ0) is 14.5. The Kier molecular flexibility index (Phi) is 5.06. The number of rotatable bonds is 4. The quantitative estimate of drug-likeness (QED) is 0.927. The van der Waals surface area contributed by atoms with E-state index in [0.29, 0.717) is 18.5 Å². The number of carboxylic acid groups (broad SMARTS) is 1. The predicted octanol–water partition coefficient (Wildman–Crippen LogP) is 2.63. The molecule has 1 N–H and O–H groups in total. The van der Waals surface area contributed by atoms with Crippen LogP contribution in [-0.2, 0) is 10.5 Å². The molecule has 2 rings (SSSR count). The molecule has 4 nitrogen and oxygen atoms in total. The second-order valence-electron chi connectivity index (χ2n) is 4.98. The Balaban J connectivity index is 2.20. The van der Waals surface area contributed by atoms with E-state index in [2.05, 4.69) is 0 Å². The van der Waals surface area contributed by atoms with Crippen LogP contribution in [0.3, 0.4) is 0 Å². The Morgan fingerprint density at radius 3 is 2.90 bits per heavy atom. The predicted molar refractivity (Wildman–Crippen MR) is 80.0 cm³/mol. The number of benzene rings is 1. The third kappa shape index (κ3) is 3.33. The fraction of sp³-hybridized carbons (Fsp3) is 0.467. The molecule has 1 atom stereocenters. The van der Waals surface area contributed by atoms with Crippen molar-refractivity contribution in [2.75, 3.05) is 12.8 Å². The van der Waals surface area contributed by atoms with Crippen molar-refractivity contribution in [2.24, 2.45) is 0 Å². The molecule has 5 heteroatoms. The lowest BCUT2D eigenvalue weighted by molar-refractivity contribution is -0.143. The zero-order valence-electron chi connectivity index (χ0n) is 11.5. The number of piperidine rings is 1. The van der Waals surface area contributed by atoms with Gasteiger partial charge in [0.1, 0.15) is 6.04 Å². The van der Waals surface area contributed by atoms with E-state index in [9.17, 15) is 14.7 Å². The average Bonchev–Trinajstić information content (AvgIpc) is 2.47. The molecule has 0 bridgehead atoms. The maximum absolute atomic E-state index is 12.5. The standard InChI is InChI=1S/C15H19NO3S/c1-20-10-11-5-4-6-12(9-11)14(17)16-8-3-2-7-13(16)15(18)19/h4-6,9,13H,2-3,7-8,10H2,1H3,(H,18,19). The molecule has 1 fully saturated rings. The number of hydrogen-bond acceptors (Lipinski definition) is 3. The molecule has 1 unspecified atom stereocenters. The molecule has 1 amide bonds. The van der Waals surface area contributed by atoms with Crippen molar-refractivity contribution in [3.05, 3.63) is 35.4 Å². The molecule has 1 saturated heterocycles. The summed E-state index contributed by atoms with van der Waals surface area (Å²) in [6.45, 7) is 0.530. The number of carbonyl (C=O) groups excluding carboxylic acids is 1. The van der Waals surface area contributed by atoms with E-state index in [4.69, 9.17) is 0 Å². The molecule has 0 aliphatic carbocycles.